The molecular formula is C21H25N5O. The molecule has 4 N–H and O–H groups in total. The van der Waals surface area contributed by atoms with E-state index in [-0.39, 0.29) is 5.78 Å². The van der Waals surface area contributed by atoms with Crippen molar-refractivity contribution in [2.45, 2.75) is 38.6 Å². The van der Waals surface area contributed by atoms with Crippen LogP contribution in [0.2, 0.25) is 0 Å². The molecule has 1 aliphatic carbocycles. The second kappa shape index (κ2) is 7.48. The molecule has 1 aliphatic rings. The summed E-state index contributed by atoms with van der Waals surface area (Å²) in [5, 5.41) is 4.32. The summed E-state index contributed by atoms with van der Waals surface area (Å²) in [7, 11) is 0. The lowest BCUT2D eigenvalue weighted by molar-refractivity contribution is 0.103. The fourth-order valence-electron chi connectivity index (χ4n) is 3.96. The number of fused-ring (bicyclic) bond motifs is 1. The number of H-pyrrole nitrogens is 1. The van der Waals surface area contributed by atoms with Gasteiger partial charge in [-0.05, 0) is 50.6 Å². The van der Waals surface area contributed by atoms with Crippen LogP contribution < -0.4 is 11.1 Å². The van der Waals surface area contributed by atoms with Crippen LogP contribution >= 0.6 is 0 Å². The standard InChI is InChI=1S/C21H25N5O/c1-13-4-2-3-5-16(13)19(27)17-11-23-20-18(17)21(25-12-24-20)26-15-8-6-14(10-22)7-9-15/h2-5,11-12,14-15H,6-10,22H2,1H3,(H2,23,24,25,26). The van der Waals surface area contributed by atoms with E-state index in [4.69, 9.17) is 5.73 Å². The fourth-order valence-corrected chi connectivity index (χ4v) is 3.96. The predicted octanol–water partition coefficient (Wildman–Crippen LogP) is 3.43. The van der Waals surface area contributed by atoms with Crippen molar-refractivity contribution in [3.8, 4) is 0 Å². The number of hydrogen-bond acceptors (Lipinski definition) is 5. The van der Waals surface area contributed by atoms with Crippen LogP contribution in [0, 0.1) is 12.8 Å². The Bertz CT molecular complexity index is 956. The van der Waals surface area contributed by atoms with Gasteiger partial charge in [0.05, 0.1) is 10.9 Å². The highest BCUT2D eigenvalue weighted by atomic mass is 16.1. The summed E-state index contributed by atoms with van der Waals surface area (Å²) in [6.45, 7) is 2.71. The van der Waals surface area contributed by atoms with Crippen LogP contribution in [0.3, 0.4) is 0 Å². The minimum atomic E-state index is -0.0101. The number of aromatic amines is 1. The maximum Gasteiger partial charge on any atom is 0.195 e. The van der Waals surface area contributed by atoms with Gasteiger partial charge in [-0.15, -0.1) is 0 Å². The number of hydrogen-bond donors (Lipinski definition) is 3. The summed E-state index contributed by atoms with van der Waals surface area (Å²) in [6.07, 6.45) is 7.67. The molecule has 1 fully saturated rings. The first kappa shape index (κ1) is 17.7. The number of aromatic nitrogens is 3. The van der Waals surface area contributed by atoms with Crippen LogP contribution in [0.25, 0.3) is 11.0 Å². The van der Waals surface area contributed by atoms with Gasteiger partial charge in [-0.25, -0.2) is 9.97 Å². The molecular weight excluding hydrogens is 338 g/mol. The molecule has 2 aromatic heterocycles. The summed E-state index contributed by atoms with van der Waals surface area (Å²) in [6, 6.07) is 7.99. The topological polar surface area (TPSA) is 96.7 Å². The summed E-state index contributed by atoms with van der Waals surface area (Å²) >= 11 is 0. The van der Waals surface area contributed by atoms with E-state index in [0.29, 0.717) is 28.7 Å². The van der Waals surface area contributed by atoms with Crippen molar-refractivity contribution in [1.29, 1.82) is 0 Å². The molecule has 0 spiro atoms. The van der Waals surface area contributed by atoms with Crippen LogP contribution in [0.1, 0.15) is 47.2 Å². The molecule has 1 aromatic carbocycles. The third-order valence-corrected chi connectivity index (χ3v) is 5.63. The van der Waals surface area contributed by atoms with E-state index in [1.165, 1.54) is 6.33 Å². The summed E-state index contributed by atoms with van der Waals surface area (Å²) in [5.74, 6) is 1.34. The van der Waals surface area contributed by atoms with Gasteiger partial charge in [-0.1, -0.05) is 24.3 Å². The molecule has 3 aromatic rings. The number of anilines is 1. The smallest absolute Gasteiger partial charge is 0.195 e. The molecule has 1 saturated carbocycles. The van der Waals surface area contributed by atoms with E-state index < -0.39 is 0 Å². The molecule has 0 unspecified atom stereocenters. The molecule has 0 atom stereocenters. The highest BCUT2D eigenvalue weighted by molar-refractivity contribution is 6.18. The van der Waals surface area contributed by atoms with E-state index in [1.54, 1.807) is 6.20 Å². The van der Waals surface area contributed by atoms with Crippen molar-refractivity contribution < 1.29 is 4.79 Å². The highest BCUT2D eigenvalue weighted by Gasteiger charge is 2.23. The molecule has 6 nitrogen and oxygen atoms in total. The quantitative estimate of drug-likeness (QED) is 0.604. The molecule has 27 heavy (non-hydrogen) atoms. The summed E-state index contributed by atoms with van der Waals surface area (Å²) in [5.41, 5.74) is 8.76. The zero-order chi connectivity index (χ0) is 18.8. The third-order valence-electron chi connectivity index (χ3n) is 5.63. The number of aryl methyl sites for hydroxylation is 1. The largest absolute Gasteiger partial charge is 0.367 e. The maximum absolute atomic E-state index is 13.2. The normalized spacial score (nSPS) is 19.9. The van der Waals surface area contributed by atoms with Crippen molar-refractivity contribution in [2.75, 3.05) is 11.9 Å². The Kier molecular flexibility index (Phi) is 4.90. The lowest BCUT2D eigenvalue weighted by Crippen LogP contribution is -2.29. The van der Waals surface area contributed by atoms with Gasteiger partial charge < -0.3 is 16.0 Å². The summed E-state index contributed by atoms with van der Waals surface area (Å²) < 4.78 is 0. The SMILES string of the molecule is Cc1ccccc1C(=O)c1c[nH]c2ncnc(NC3CCC(CN)CC3)c12. The van der Waals surface area contributed by atoms with Gasteiger partial charge in [0.2, 0.25) is 0 Å². The van der Waals surface area contributed by atoms with Gasteiger partial charge in [0.1, 0.15) is 17.8 Å². The van der Waals surface area contributed by atoms with Crippen molar-refractivity contribution in [2.24, 2.45) is 11.7 Å². The molecule has 0 amide bonds. The van der Waals surface area contributed by atoms with Crippen molar-refractivity contribution >= 4 is 22.6 Å². The van der Waals surface area contributed by atoms with Crippen LogP contribution in [0.5, 0.6) is 0 Å². The third kappa shape index (κ3) is 3.45. The molecule has 140 valence electrons. The van der Waals surface area contributed by atoms with E-state index in [1.807, 2.05) is 31.2 Å². The Balaban J connectivity index is 1.66. The molecule has 0 bridgehead atoms. The maximum atomic E-state index is 13.2. The van der Waals surface area contributed by atoms with Crippen LogP contribution in [0.4, 0.5) is 5.82 Å². The van der Waals surface area contributed by atoms with Gasteiger partial charge in [0, 0.05) is 17.8 Å². The zero-order valence-corrected chi connectivity index (χ0v) is 15.5. The second-order valence-corrected chi connectivity index (χ2v) is 7.39. The molecule has 6 heteroatoms. The van der Waals surface area contributed by atoms with Crippen molar-refractivity contribution in [3.63, 3.8) is 0 Å². The van der Waals surface area contributed by atoms with Gasteiger partial charge >= 0.3 is 0 Å². The van der Waals surface area contributed by atoms with E-state index in [2.05, 4.69) is 20.3 Å². The Morgan fingerprint density at radius 2 is 1.96 bits per heavy atom. The number of nitrogens with two attached hydrogens (primary N) is 1. The average Bonchev–Trinajstić information content (AvgIpc) is 3.14. The zero-order valence-electron chi connectivity index (χ0n) is 15.5. The number of rotatable bonds is 5. The Hall–Kier alpha value is -2.73. The van der Waals surface area contributed by atoms with Gasteiger partial charge in [0.25, 0.3) is 0 Å². The number of nitrogens with zero attached hydrogens (tertiary/aromatic N) is 2. The number of carbonyl (C=O) groups excluding carboxylic acids is 1. The Morgan fingerprint density at radius 1 is 1.19 bits per heavy atom. The number of ketones is 1. The lowest BCUT2D eigenvalue weighted by Gasteiger charge is -2.28. The van der Waals surface area contributed by atoms with Crippen molar-refractivity contribution in [1.82, 2.24) is 15.0 Å². The monoisotopic (exact) mass is 363 g/mol. The van der Waals surface area contributed by atoms with Gasteiger partial charge in [-0.3, -0.25) is 4.79 Å². The van der Waals surface area contributed by atoms with Crippen LogP contribution in [-0.4, -0.2) is 33.3 Å². The van der Waals surface area contributed by atoms with E-state index in [0.717, 1.165) is 49.0 Å². The first-order valence-electron chi connectivity index (χ1n) is 9.56. The molecule has 4 rings (SSSR count). The Labute approximate surface area is 158 Å². The molecule has 0 radical (unpaired) electrons. The Morgan fingerprint density at radius 3 is 2.70 bits per heavy atom. The van der Waals surface area contributed by atoms with Crippen LogP contribution in [-0.2, 0) is 0 Å². The van der Waals surface area contributed by atoms with Crippen molar-refractivity contribution in [3.05, 3.63) is 53.5 Å². The van der Waals surface area contributed by atoms with Gasteiger partial charge in [0.15, 0.2) is 5.78 Å². The number of carbonyl (C=O) groups is 1. The molecule has 0 aliphatic heterocycles. The number of benzene rings is 1. The van der Waals surface area contributed by atoms with Gasteiger partial charge in [-0.2, -0.15) is 0 Å². The molecule has 2 heterocycles. The second-order valence-electron chi connectivity index (χ2n) is 7.39. The average molecular weight is 363 g/mol. The minimum Gasteiger partial charge on any atom is -0.367 e. The first-order valence-corrected chi connectivity index (χ1v) is 9.56. The minimum absolute atomic E-state index is 0.0101. The first-order chi connectivity index (χ1) is 13.2. The lowest BCUT2D eigenvalue weighted by atomic mass is 9.86. The van der Waals surface area contributed by atoms with Crippen LogP contribution in [0.15, 0.2) is 36.8 Å². The fraction of sp³-hybridized carbons (Fsp3) is 0.381. The summed E-state index contributed by atoms with van der Waals surface area (Å²) in [4.78, 5) is 25.0. The number of nitrogens with one attached hydrogen (secondary N) is 2. The predicted molar refractivity (Wildman–Crippen MR) is 107 cm³/mol. The highest BCUT2D eigenvalue weighted by Crippen LogP contribution is 2.30. The van der Waals surface area contributed by atoms with E-state index >= 15 is 0 Å². The molecule has 0 saturated heterocycles. The van der Waals surface area contributed by atoms with E-state index in [9.17, 15) is 4.79 Å².